The zero-order chi connectivity index (χ0) is 18.1. The fourth-order valence-corrected chi connectivity index (χ4v) is 4.04. The van der Waals surface area contributed by atoms with Crippen molar-refractivity contribution in [2.75, 3.05) is 19.1 Å². The van der Waals surface area contributed by atoms with Gasteiger partial charge in [-0.1, -0.05) is 18.2 Å². The Morgan fingerprint density at radius 2 is 1.81 bits per heavy atom. The van der Waals surface area contributed by atoms with E-state index in [1.54, 1.807) is 7.11 Å². The summed E-state index contributed by atoms with van der Waals surface area (Å²) in [4.78, 5) is 17.7. The number of methoxy groups -OCH3 is 1. The topological polar surface area (TPSA) is 32.8 Å². The van der Waals surface area contributed by atoms with E-state index in [1.165, 1.54) is 12.8 Å². The SMILES string of the molecule is COc1ccc(N(C(=O)c2ccccc2)C2=C[C@H]3CC[C@@H](C2)N3C)cc1. The maximum absolute atomic E-state index is 13.4. The molecule has 2 aromatic carbocycles. The van der Waals surface area contributed by atoms with Crippen molar-refractivity contribution in [2.45, 2.75) is 31.3 Å². The summed E-state index contributed by atoms with van der Waals surface area (Å²) in [6.07, 6.45) is 5.53. The van der Waals surface area contributed by atoms with Crippen molar-refractivity contribution in [3.8, 4) is 5.75 Å². The smallest absolute Gasteiger partial charge is 0.262 e. The summed E-state index contributed by atoms with van der Waals surface area (Å²) < 4.78 is 5.27. The predicted octanol–water partition coefficient (Wildman–Crippen LogP) is 4.09. The molecule has 2 atom stereocenters. The molecule has 0 aromatic heterocycles. The van der Waals surface area contributed by atoms with Crippen LogP contribution in [0.2, 0.25) is 0 Å². The Bertz CT molecular complexity index is 814. The van der Waals surface area contributed by atoms with Crippen LogP contribution in [0.5, 0.6) is 5.75 Å². The number of hydrogen-bond donors (Lipinski definition) is 0. The second-order valence-corrected chi connectivity index (χ2v) is 7.03. The molecular weight excluding hydrogens is 324 g/mol. The molecule has 1 fully saturated rings. The number of fused-ring (bicyclic) bond motifs is 2. The van der Waals surface area contributed by atoms with Crippen LogP contribution >= 0.6 is 0 Å². The average Bonchev–Trinajstić information content (AvgIpc) is 2.90. The van der Waals surface area contributed by atoms with Crippen LogP contribution in [0.1, 0.15) is 29.6 Å². The van der Waals surface area contributed by atoms with Crippen LogP contribution in [0.15, 0.2) is 66.4 Å². The second-order valence-electron chi connectivity index (χ2n) is 7.03. The molecular formula is C22H24N2O2. The van der Waals surface area contributed by atoms with E-state index < -0.39 is 0 Å². The molecule has 1 amide bonds. The summed E-state index contributed by atoms with van der Waals surface area (Å²) in [5.74, 6) is 0.809. The third kappa shape index (κ3) is 3.01. The molecule has 4 rings (SSSR count). The van der Waals surface area contributed by atoms with Gasteiger partial charge in [0.05, 0.1) is 7.11 Å². The summed E-state index contributed by atoms with van der Waals surface area (Å²) in [6.45, 7) is 0. The first-order valence-electron chi connectivity index (χ1n) is 9.13. The zero-order valence-electron chi connectivity index (χ0n) is 15.3. The molecule has 26 heavy (non-hydrogen) atoms. The van der Waals surface area contributed by atoms with Crippen molar-refractivity contribution in [1.29, 1.82) is 0 Å². The van der Waals surface area contributed by atoms with Gasteiger partial charge in [0.1, 0.15) is 5.75 Å². The lowest BCUT2D eigenvalue weighted by atomic mass is 10.0. The highest BCUT2D eigenvalue weighted by Gasteiger charge is 2.37. The molecule has 0 radical (unpaired) electrons. The fraction of sp³-hybridized carbons (Fsp3) is 0.318. The van der Waals surface area contributed by atoms with E-state index in [0.717, 1.165) is 23.6 Å². The Kier molecular flexibility index (Phi) is 4.51. The Morgan fingerprint density at radius 1 is 1.08 bits per heavy atom. The summed E-state index contributed by atoms with van der Waals surface area (Å²) in [5, 5.41) is 0. The molecule has 4 heteroatoms. The molecule has 0 N–H and O–H groups in total. The predicted molar refractivity (Wildman–Crippen MR) is 104 cm³/mol. The lowest BCUT2D eigenvalue weighted by Crippen LogP contribution is -2.40. The minimum atomic E-state index is 0.0194. The molecule has 2 aliphatic heterocycles. The number of anilines is 1. The summed E-state index contributed by atoms with van der Waals surface area (Å²) in [5.41, 5.74) is 2.69. The first-order valence-corrected chi connectivity index (χ1v) is 9.13. The summed E-state index contributed by atoms with van der Waals surface area (Å²) in [7, 11) is 3.84. The lowest BCUT2D eigenvalue weighted by Gasteiger charge is -2.35. The zero-order valence-corrected chi connectivity index (χ0v) is 15.3. The number of carbonyl (C=O) groups excluding carboxylic acids is 1. The van der Waals surface area contributed by atoms with E-state index in [2.05, 4.69) is 18.0 Å². The van der Waals surface area contributed by atoms with Gasteiger partial charge in [0.2, 0.25) is 0 Å². The van der Waals surface area contributed by atoms with Crippen molar-refractivity contribution in [3.63, 3.8) is 0 Å². The molecule has 134 valence electrons. The van der Waals surface area contributed by atoms with Gasteiger partial charge in [-0.15, -0.1) is 0 Å². The van der Waals surface area contributed by atoms with Crippen LogP contribution in [-0.2, 0) is 0 Å². The lowest BCUT2D eigenvalue weighted by molar-refractivity contribution is 0.0991. The summed E-state index contributed by atoms with van der Waals surface area (Å²) >= 11 is 0. The minimum absolute atomic E-state index is 0.0194. The first kappa shape index (κ1) is 16.9. The van der Waals surface area contributed by atoms with Crippen LogP contribution in [-0.4, -0.2) is 37.0 Å². The Morgan fingerprint density at radius 3 is 2.46 bits per heavy atom. The van der Waals surface area contributed by atoms with Crippen molar-refractivity contribution < 1.29 is 9.53 Å². The number of nitrogens with zero attached hydrogens (tertiary/aromatic N) is 2. The van der Waals surface area contributed by atoms with Crippen LogP contribution in [0.3, 0.4) is 0 Å². The molecule has 4 nitrogen and oxygen atoms in total. The normalized spacial score (nSPS) is 22.0. The molecule has 2 heterocycles. The largest absolute Gasteiger partial charge is 0.497 e. The van der Waals surface area contributed by atoms with Gasteiger partial charge in [-0.05, 0) is 62.4 Å². The van der Waals surface area contributed by atoms with Crippen molar-refractivity contribution in [1.82, 2.24) is 4.90 Å². The van der Waals surface area contributed by atoms with Gasteiger partial charge < -0.3 is 4.74 Å². The van der Waals surface area contributed by atoms with Crippen LogP contribution in [0.4, 0.5) is 5.69 Å². The van der Waals surface area contributed by atoms with Gasteiger partial charge in [-0.3, -0.25) is 14.6 Å². The number of amides is 1. The van der Waals surface area contributed by atoms with Gasteiger partial charge in [0.15, 0.2) is 0 Å². The molecule has 2 aromatic rings. The van der Waals surface area contributed by atoms with Gasteiger partial charge in [0, 0.05) is 35.5 Å². The highest BCUT2D eigenvalue weighted by Crippen LogP contribution is 2.37. The third-order valence-electron chi connectivity index (χ3n) is 5.57. The minimum Gasteiger partial charge on any atom is -0.497 e. The van der Waals surface area contributed by atoms with Gasteiger partial charge in [0.25, 0.3) is 5.91 Å². The molecule has 1 saturated heterocycles. The van der Waals surface area contributed by atoms with E-state index in [-0.39, 0.29) is 5.91 Å². The van der Waals surface area contributed by atoms with Gasteiger partial charge in [-0.2, -0.15) is 0 Å². The molecule has 0 unspecified atom stereocenters. The number of rotatable bonds is 4. The van der Waals surface area contributed by atoms with E-state index in [1.807, 2.05) is 59.5 Å². The Balaban J connectivity index is 1.74. The number of hydrogen-bond acceptors (Lipinski definition) is 3. The average molecular weight is 348 g/mol. The van der Waals surface area contributed by atoms with E-state index in [9.17, 15) is 4.79 Å². The fourth-order valence-electron chi connectivity index (χ4n) is 4.04. The Hall–Kier alpha value is -2.59. The van der Waals surface area contributed by atoms with Crippen LogP contribution in [0, 0.1) is 0 Å². The van der Waals surface area contributed by atoms with Crippen molar-refractivity contribution >= 4 is 11.6 Å². The molecule has 0 aliphatic carbocycles. The van der Waals surface area contributed by atoms with Gasteiger partial charge >= 0.3 is 0 Å². The van der Waals surface area contributed by atoms with E-state index >= 15 is 0 Å². The standard InChI is InChI=1S/C22H24N2O2/c1-23-18-8-9-19(23)15-20(14-18)24(17-10-12-21(26-2)13-11-17)22(25)16-6-4-3-5-7-16/h3-7,10-14,18-19H,8-9,15H2,1-2H3/t18-,19+/m1/s1. The maximum Gasteiger partial charge on any atom is 0.262 e. The molecule has 0 saturated carbocycles. The maximum atomic E-state index is 13.4. The monoisotopic (exact) mass is 348 g/mol. The molecule has 2 aliphatic rings. The third-order valence-corrected chi connectivity index (χ3v) is 5.57. The summed E-state index contributed by atoms with van der Waals surface area (Å²) in [6, 6.07) is 18.2. The quantitative estimate of drug-likeness (QED) is 0.834. The van der Waals surface area contributed by atoms with E-state index in [4.69, 9.17) is 4.74 Å². The highest BCUT2D eigenvalue weighted by atomic mass is 16.5. The second kappa shape index (κ2) is 6.96. The first-order chi connectivity index (χ1) is 12.7. The van der Waals surface area contributed by atoms with Crippen molar-refractivity contribution in [2.24, 2.45) is 0 Å². The number of benzene rings is 2. The van der Waals surface area contributed by atoms with Crippen molar-refractivity contribution in [3.05, 3.63) is 71.9 Å². The number of carbonyl (C=O) groups is 1. The number of likely N-dealkylation sites (N-methyl/N-ethyl adjacent to an activating group) is 1. The van der Waals surface area contributed by atoms with Crippen LogP contribution in [0.25, 0.3) is 0 Å². The Labute approximate surface area is 154 Å². The van der Waals surface area contributed by atoms with E-state index in [0.29, 0.717) is 17.6 Å². The highest BCUT2D eigenvalue weighted by molar-refractivity contribution is 6.08. The van der Waals surface area contributed by atoms with Crippen LogP contribution < -0.4 is 9.64 Å². The number of ether oxygens (including phenoxy) is 1. The molecule has 0 spiro atoms. The van der Waals surface area contributed by atoms with Gasteiger partial charge in [-0.25, -0.2) is 0 Å². The molecule has 2 bridgehead atoms.